The fraction of sp³-hybridized carbons (Fsp3) is 0.875. The first kappa shape index (κ1) is 17.7. The molecule has 108 valence electrons. The zero-order chi connectivity index (χ0) is 14.1. The van der Waals surface area contributed by atoms with Gasteiger partial charge >= 0.3 is 0 Å². The standard InChI is InChI=1S/C16H34N2/c1-12(2)15(7)16(18-14(5)6)10-8-9-11-17-13(3)4/h12-14,16-18H,7-11H2,1-6H3. The Hall–Kier alpha value is -0.340. The quantitative estimate of drug-likeness (QED) is 0.458. The minimum atomic E-state index is 0.476. The lowest BCUT2D eigenvalue weighted by Crippen LogP contribution is -2.37. The van der Waals surface area contributed by atoms with Gasteiger partial charge in [0.15, 0.2) is 0 Å². The Kier molecular flexibility index (Phi) is 9.39. The van der Waals surface area contributed by atoms with Gasteiger partial charge in [-0.2, -0.15) is 0 Å². The molecule has 0 aliphatic heterocycles. The Balaban J connectivity index is 3.98. The van der Waals surface area contributed by atoms with Crippen LogP contribution in [0.5, 0.6) is 0 Å². The summed E-state index contributed by atoms with van der Waals surface area (Å²) in [5.41, 5.74) is 1.35. The topological polar surface area (TPSA) is 24.1 Å². The first-order valence-electron chi connectivity index (χ1n) is 7.52. The summed E-state index contributed by atoms with van der Waals surface area (Å²) >= 11 is 0. The van der Waals surface area contributed by atoms with Gasteiger partial charge in [-0.15, -0.1) is 0 Å². The van der Waals surface area contributed by atoms with Gasteiger partial charge in [-0.25, -0.2) is 0 Å². The maximum atomic E-state index is 4.26. The van der Waals surface area contributed by atoms with Crippen molar-refractivity contribution in [3.05, 3.63) is 12.2 Å². The van der Waals surface area contributed by atoms with Crippen LogP contribution in [0.25, 0.3) is 0 Å². The molecule has 1 unspecified atom stereocenters. The SMILES string of the molecule is C=C(C(C)C)C(CCCCNC(C)C)NC(C)C. The minimum Gasteiger partial charge on any atom is -0.315 e. The van der Waals surface area contributed by atoms with E-state index in [1.54, 1.807) is 0 Å². The van der Waals surface area contributed by atoms with Crippen LogP contribution in [0.1, 0.15) is 60.8 Å². The van der Waals surface area contributed by atoms with Crippen molar-refractivity contribution < 1.29 is 0 Å². The van der Waals surface area contributed by atoms with E-state index in [4.69, 9.17) is 0 Å². The molecule has 0 aliphatic rings. The van der Waals surface area contributed by atoms with Crippen LogP contribution in [-0.2, 0) is 0 Å². The van der Waals surface area contributed by atoms with E-state index in [2.05, 4.69) is 58.8 Å². The molecule has 18 heavy (non-hydrogen) atoms. The molecule has 0 aromatic carbocycles. The molecule has 0 aliphatic carbocycles. The van der Waals surface area contributed by atoms with Gasteiger partial charge in [0.1, 0.15) is 0 Å². The predicted octanol–water partition coefficient (Wildman–Crippen LogP) is 3.73. The van der Waals surface area contributed by atoms with Crippen molar-refractivity contribution in [3.8, 4) is 0 Å². The van der Waals surface area contributed by atoms with E-state index in [-0.39, 0.29) is 0 Å². The third kappa shape index (κ3) is 8.71. The summed E-state index contributed by atoms with van der Waals surface area (Å²) in [6.07, 6.45) is 3.71. The summed E-state index contributed by atoms with van der Waals surface area (Å²) in [6.45, 7) is 18.7. The maximum Gasteiger partial charge on any atom is 0.0281 e. The highest BCUT2D eigenvalue weighted by atomic mass is 14.9. The summed E-state index contributed by atoms with van der Waals surface area (Å²) in [4.78, 5) is 0. The molecule has 2 nitrogen and oxygen atoms in total. The molecule has 0 saturated heterocycles. The summed E-state index contributed by atoms with van der Waals surface area (Å²) in [5, 5.41) is 7.11. The Bertz CT molecular complexity index is 219. The van der Waals surface area contributed by atoms with Crippen molar-refractivity contribution in [2.45, 2.75) is 78.9 Å². The van der Waals surface area contributed by atoms with Crippen molar-refractivity contribution in [3.63, 3.8) is 0 Å². The van der Waals surface area contributed by atoms with Crippen LogP contribution in [0.15, 0.2) is 12.2 Å². The summed E-state index contributed by atoms with van der Waals surface area (Å²) in [6, 6.07) is 1.60. The highest BCUT2D eigenvalue weighted by Crippen LogP contribution is 2.17. The average Bonchev–Trinajstić information content (AvgIpc) is 2.24. The molecule has 0 aromatic rings. The van der Waals surface area contributed by atoms with E-state index in [0.29, 0.717) is 24.0 Å². The molecule has 0 radical (unpaired) electrons. The molecule has 2 heteroatoms. The van der Waals surface area contributed by atoms with Crippen LogP contribution >= 0.6 is 0 Å². The molecule has 0 fully saturated rings. The number of hydrogen-bond acceptors (Lipinski definition) is 2. The second kappa shape index (κ2) is 9.57. The maximum absolute atomic E-state index is 4.26. The van der Waals surface area contributed by atoms with Crippen molar-refractivity contribution in [1.29, 1.82) is 0 Å². The van der Waals surface area contributed by atoms with Gasteiger partial charge in [-0.1, -0.05) is 60.1 Å². The fourth-order valence-corrected chi connectivity index (χ4v) is 2.04. The Morgan fingerprint density at radius 3 is 2.00 bits per heavy atom. The summed E-state index contributed by atoms with van der Waals surface area (Å²) < 4.78 is 0. The van der Waals surface area contributed by atoms with E-state index < -0.39 is 0 Å². The minimum absolute atomic E-state index is 0.476. The monoisotopic (exact) mass is 254 g/mol. The lowest BCUT2D eigenvalue weighted by Gasteiger charge is -2.26. The zero-order valence-electron chi connectivity index (χ0n) is 13.3. The van der Waals surface area contributed by atoms with E-state index in [1.807, 2.05) is 0 Å². The van der Waals surface area contributed by atoms with Crippen molar-refractivity contribution in [2.24, 2.45) is 5.92 Å². The highest BCUT2D eigenvalue weighted by Gasteiger charge is 2.15. The lowest BCUT2D eigenvalue weighted by molar-refractivity contribution is 0.436. The van der Waals surface area contributed by atoms with Gasteiger partial charge in [-0.05, 0) is 25.3 Å². The zero-order valence-corrected chi connectivity index (χ0v) is 13.3. The van der Waals surface area contributed by atoms with Crippen molar-refractivity contribution >= 4 is 0 Å². The van der Waals surface area contributed by atoms with Crippen molar-refractivity contribution in [2.75, 3.05) is 6.54 Å². The van der Waals surface area contributed by atoms with Crippen LogP contribution in [-0.4, -0.2) is 24.7 Å². The molecule has 0 spiro atoms. The number of unbranched alkanes of at least 4 members (excludes halogenated alkanes) is 1. The molecular weight excluding hydrogens is 220 g/mol. The highest BCUT2D eigenvalue weighted by molar-refractivity contribution is 5.08. The van der Waals surface area contributed by atoms with Crippen molar-refractivity contribution in [1.82, 2.24) is 10.6 Å². The van der Waals surface area contributed by atoms with E-state index in [9.17, 15) is 0 Å². The van der Waals surface area contributed by atoms with Crippen LogP contribution < -0.4 is 10.6 Å². The van der Waals surface area contributed by atoms with Crippen LogP contribution in [0.2, 0.25) is 0 Å². The Morgan fingerprint density at radius 2 is 1.56 bits per heavy atom. The first-order valence-corrected chi connectivity index (χ1v) is 7.52. The fourth-order valence-electron chi connectivity index (χ4n) is 2.04. The molecule has 0 bridgehead atoms. The second-order valence-electron chi connectivity index (χ2n) is 6.21. The number of nitrogens with one attached hydrogen (secondary N) is 2. The molecule has 0 heterocycles. The molecule has 1 atom stereocenters. The molecule has 2 N–H and O–H groups in total. The normalized spacial score (nSPS) is 13.6. The van der Waals surface area contributed by atoms with E-state index in [1.165, 1.54) is 24.8 Å². The van der Waals surface area contributed by atoms with Gasteiger partial charge in [0, 0.05) is 18.1 Å². The largest absolute Gasteiger partial charge is 0.315 e. The van der Waals surface area contributed by atoms with Crippen LogP contribution in [0.4, 0.5) is 0 Å². The van der Waals surface area contributed by atoms with Gasteiger partial charge < -0.3 is 10.6 Å². The second-order valence-corrected chi connectivity index (χ2v) is 6.21. The van der Waals surface area contributed by atoms with Gasteiger partial charge in [0.2, 0.25) is 0 Å². The van der Waals surface area contributed by atoms with Gasteiger partial charge in [-0.3, -0.25) is 0 Å². The molecule has 0 aromatic heterocycles. The first-order chi connectivity index (χ1) is 8.34. The molecule has 0 saturated carbocycles. The summed E-state index contributed by atoms with van der Waals surface area (Å²) in [7, 11) is 0. The van der Waals surface area contributed by atoms with Gasteiger partial charge in [0.05, 0.1) is 0 Å². The Labute approximate surface area is 115 Å². The smallest absolute Gasteiger partial charge is 0.0281 e. The van der Waals surface area contributed by atoms with Crippen LogP contribution in [0.3, 0.4) is 0 Å². The molecule has 0 rings (SSSR count). The van der Waals surface area contributed by atoms with Gasteiger partial charge in [0.25, 0.3) is 0 Å². The number of rotatable bonds is 10. The average molecular weight is 254 g/mol. The Morgan fingerprint density at radius 1 is 0.944 bits per heavy atom. The molecule has 0 amide bonds. The lowest BCUT2D eigenvalue weighted by atomic mass is 9.93. The third-order valence-corrected chi connectivity index (χ3v) is 3.20. The third-order valence-electron chi connectivity index (χ3n) is 3.20. The predicted molar refractivity (Wildman–Crippen MR) is 83.0 cm³/mol. The number of hydrogen-bond donors (Lipinski definition) is 2. The summed E-state index contributed by atoms with van der Waals surface area (Å²) in [5.74, 6) is 0.565. The van der Waals surface area contributed by atoms with Crippen LogP contribution in [0, 0.1) is 5.92 Å². The van der Waals surface area contributed by atoms with E-state index >= 15 is 0 Å². The molecular formula is C16H34N2. The van der Waals surface area contributed by atoms with E-state index in [0.717, 1.165) is 6.54 Å².